The van der Waals surface area contributed by atoms with Crippen molar-refractivity contribution in [3.8, 4) is 5.75 Å². The van der Waals surface area contributed by atoms with Crippen molar-refractivity contribution in [2.24, 2.45) is 7.05 Å². The van der Waals surface area contributed by atoms with Gasteiger partial charge in [0.2, 0.25) is 0 Å². The van der Waals surface area contributed by atoms with Gasteiger partial charge in [-0.05, 0) is 30.7 Å². The van der Waals surface area contributed by atoms with Crippen LogP contribution in [0.15, 0.2) is 24.4 Å². The number of nitrogens with zero attached hydrogens (tertiary/aromatic N) is 2. The van der Waals surface area contributed by atoms with Crippen molar-refractivity contribution in [3.63, 3.8) is 0 Å². The number of halogens is 2. The standard InChI is InChI=1S/C15H19Cl2N3O/c1-3-6-18-8-11-4-5-13(12(16)7-11)21-10-15-19-9-14(17)20(15)2/h4-5,7,9,18H,3,6,8,10H2,1-2H3. The monoisotopic (exact) mass is 327 g/mol. The van der Waals surface area contributed by atoms with E-state index in [0.717, 1.165) is 30.9 Å². The number of rotatable bonds is 7. The summed E-state index contributed by atoms with van der Waals surface area (Å²) in [6.45, 7) is 4.27. The van der Waals surface area contributed by atoms with Gasteiger partial charge in [0.15, 0.2) is 0 Å². The lowest BCUT2D eigenvalue weighted by Crippen LogP contribution is -2.13. The highest BCUT2D eigenvalue weighted by molar-refractivity contribution is 6.32. The molecule has 1 aromatic heterocycles. The fourth-order valence-corrected chi connectivity index (χ4v) is 2.29. The van der Waals surface area contributed by atoms with E-state index >= 15 is 0 Å². The summed E-state index contributed by atoms with van der Waals surface area (Å²) >= 11 is 12.2. The molecule has 0 fully saturated rings. The summed E-state index contributed by atoms with van der Waals surface area (Å²) in [6, 6.07) is 5.82. The van der Waals surface area contributed by atoms with Gasteiger partial charge in [-0.1, -0.05) is 36.2 Å². The van der Waals surface area contributed by atoms with Crippen LogP contribution in [0.3, 0.4) is 0 Å². The van der Waals surface area contributed by atoms with Crippen LogP contribution in [-0.2, 0) is 20.2 Å². The van der Waals surface area contributed by atoms with E-state index in [1.165, 1.54) is 0 Å². The van der Waals surface area contributed by atoms with Gasteiger partial charge in [0, 0.05) is 13.6 Å². The Bertz CT molecular complexity index is 599. The summed E-state index contributed by atoms with van der Waals surface area (Å²) in [5, 5.41) is 4.52. The van der Waals surface area contributed by atoms with Crippen LogP contribution >= 0.6 is 23.2 Å². The molecule has 2 rings (SSSR count). The second-order valence-electron chi connectivity index (χ2n) is 4.79. The molecule has 0 atom stereocenters. The van der Waals surface area contributed by atoms with Gasteiger partial charge >= 0.3 is 0 Å². The first kappa shape index (κ1) is 16.1. The second-order valence-corrected chi connectivity index (χ2v) is 5.58. The molecule has 0 saturated carbocycles. The van der Waals surface area contributed by atoms with Crippen molar-refractivity contribution in [1.82, 2.24) is 14.9 Å². The molecule has 1 N–H and O–H groups in total. The largest absolute Gasteiger partial charge is 0.484 e. The molecule has 1 aromatic carbocycles. The molecule has 0 saturated heterocycles. The first-order valence-corrected chi connectivity index (χ1v) is 7.65. The predicted molar refractivity (Wildman–Crippen MR) is 86.0 cm³/mol. The van der Waals surface area contributed by atoms with Gasteiger partial charge in [-0.2, -0.15) is 0 Å². The highest BCUT2D eigenvalue weighted by Crippen LogP contribution is 2.26. The molecule has 0 aliphatic carbocycles. The van der Waals surface area contributed by atoms with E-state index < -0.39 is 0 Å². The summed E-state index contributed by atoms with van der Waals surface area (Å²) < 4.78 is 7.48. The molecule has 0 amide bonds. The molecule has 0 aliphatic rings. The van der Waals surface area contributed by atoms with Crippen LogP contribution in [0, 0.1) is 0 Å². The van der Waals surface area contributed by atoms with E-state index in [4.69, 9.17) is 27.9 Å². The fourth-order valence-electron chi connectivity index (χ4n) is 1.88. The zero-order valence-electron chi connectivity index (χ0n) is 12.2. The Hall–Kier alpha value is -1.23. The average molecular weight is 328 g/mol. The van der Waals surface area contributed by atoms with Crippen LogP contribution in [0.1, 0.15) is 24.7 Å². The third kappa shape index (κ3) is 4.37. The molecule has 0 radical (unpaired) electrons. The van der Waals surface area contributed by atoms with Crippen molar-refractivity contribution >= 4 is 23.2 Å². The number of aromatic nitrogens is 2. The van der Waals surface area contributed by atoms with E-state index in [0.29, 0.717) is 22.5 Å². The van der Waals surface area contributed by atoms with E-state index in [1.54, 1.807) is 10.8 Å². The van der Waals surface area contributed by atoms with Crippen molar-refractivity contribution in [3.05, 3.63) is 46.0 Å². The molecule has 21 heavy (non-hydrogen) atoms. The SMILES string of the molecule is CCCNCc1ccc(OCc2ncc(Cl)n2C)c(Cl)c1. The number of hydrogen-bond donors (Lipinski definition) is 1. The average Bonchev–Trinajstić information content (AvgIpc) is 2.78. The minimum absolute atomic E-state index is 0.330. The van der Waals surface area contributed by atoms with E-state index in [9.17, 15) is 0 Å². The van der Waals surface area contributed by atoms with Crippen LogP contribution < -0.4 is 10.1 Å². The van der Waals surface area contributed by atoms with E-state index in [1.807, 2.05) is 25.2 Å². The van der Waals surface area contributed by atoms with Crippen LogP contribution in [0.4, 0.5) is 0 Å². The smallest absolute Gasteiger partial charge is 0.147 e. The highest BCUT2D eigenvalue weighted by Gasteiger charge is 2.08. The van der Waals surface area contributed by atoms with Crippen LogP contribution in [0.25, 0.3) is 0 Å². The van der Waals surface area contributed by atoms with Gasteiger partial charge < -0.3 is 14.6 Å². The Kier molecular flexibility index (Phi) is 5.91. The van der Waals surface area contributed by atoms with Crippen LogP contribution in [0.5, 0.6) is 5.75 Å². The Morgan fingerprint density at radius 1 is 1.33 bits per heavy atom. The minimum Gasteiger partial charge on any atom is -0.484 e. The van der Waals surface area contributed by atoms with Gasteiger partial charge in [-0.25, -0.2) is 4.98 Å². The number of hydrogen-bond acceptors (Lipinski definition) is 3. The molecule has 1 heterocycles. The lowest BCUT2D eigenvalue weighted by Gasteiger charge is -2.10. The summed E-state index contributed by atoms with van der Waals surface area (Å²) in [4.78, 5) is 4.18. The van der Waals surface area contributed by atoms with E-state index in [2.05, 4.69) is 17.2 Å². The Morgan fingerprint density at radius 3 is 2.76 bits per heavy atom. The molecule has 6 heteroatoms. The summed E-state index contributed by atoms with van der Waals surface area (Å²) in [6.07, 6.45) is 2.71. The molecular weight excluding hydrogens is 309 g/mol. The lowest BCUT2D eigenvalue weighted by molar-refractivity contribution is 0.292. The van der Waals surface area contributed by atoms with Crippen molar-refractivity contribution in [2.75, 3.05) is 6.54 Å². The molecule has 0 aliphatic heterocycles. The Morgan fingerprint density at radius 2 is 2.14 bits per heavy atom. The maximum absolute atomic E-state index is 6.25. The fraction of sp³-hybridized carbons (Fsp3) is 0.400. The first-order chi connectivity index (χ1) is 10.1. The third-order valence-corrected chi connectivity index (χ3v) is 3.78. The highest BCUT2D eigenvalue weighted by atomic mass is 35.5. The van der Waals surface area contributed by atoms with Gasteiger partial charge in [-0.3, -0.25) is 0 Å². The first-order valence-electron chi connectivity index (χ1n) is 6.90. The quantitative estimate of drug-likeness (QED) is 0.786. The molecule has 114 valence electrons. The normalized spacial score (nSPS) is 10.9. The number of ether oxygens (including phenoxy) is 1. The molecule has 0 unspecified atom stereocenters. The van der Waals surface area contributed by atoms with Gasteiger partial charge in [-0.15, -0.1) is 0 Å². The minimum atomic E-state index is 0.330. The van der Waals surface area contributed by atoms with Gasteiger partial charge in [0.25, 0.3) is 0 Å². The van der Waals surface area contributed by atoms with E-state index in [-0.39, 0.29) is 0 Å². The zero-order valence-corrected chi connectivity index (χ0v) is 13.7. The summed E-state index contributed by atoms with van der Waals surface area (Å²) in [5.41, 5.74) is 1.14. The number of benzene rings is 1. The molecule has 0 bridgehead atoms. The summed E-state index contributed by atoms with van der Waals surface area (Å²) in [7, 11) is 1.85. The summed E-state index contributed by atoms with van der Waals surface area (Å²) in [5.74, 6) is 1.40. The zero-order chi connectivity index (χ0) is 15.2. The molecule has 2 aromatic rings. The topological polar surface area (TPSA) is 39.1 Å². The Labute approximate surface area is 135 Å². The maximum atomic E-state index is 6.25. The Balaban J connectivity index is 1.96. The van der Waals surface area contributed by atoms with Crippen molar-refractivity contribution in [1.29, 1.82) is 0 Å². The van der Waals surface area contributed by atoms with Crippen molar-refractivity contribution < 1.29 is 4.74 Å². The maximum Gasteiger partial charge on any atom is 0.147 e. The number of nitrogens with one attached hydrogen (secondary N) is 1. The number of imidazole rings is 1. The van der Waals surface area contributed by atoms with Gasteiger partial charge in [0.1, 0.15) is 23.3 Å². The van der Waals surface area contributed by atoms with Crippen LogP contribution in [0.2, 0.25) is 10.2 Å². The molecule has 0 spiro atoms. The van der Waals surface area contributed by atoms with Gasteiger partial charge in [0.05, 0.1) is 11.2 Å². The van der Waals surface area contributed by atoms with Crippen LogP contribution in [-0.4, -0.2) is 16.1 Å². The molecular formula is C15H19Cl2N3O. The molecule has 4 nitrogen and oxygen atoms in total. The third-order valence-electron chi connectivity index (χ3n) is 3.14. The lowest BCUT2D eigenvalue weighted by atomic mass is 10.2. The predicted octanol–water partition coefficient (Wildman–Crippen LogP) is 3.81. The second kappa shape index (κ2) is 7.69. The van der Waals surface area contributed by atoms with Crippen molar-refractivity contribution in [2.45, 2.75) is 26.5 Å².